The molecule has 0 unspecified atom stereocenters. The molecule has 1 heterocycles. The third-order valence-electron chi connectivity index (χ3n) is 3.73. The number of rotatable bonds is 7. The van der Waals surface area contributed by atoms with Crippen molar-refractivity contribution < 1.29 is 19.4 Å². The normalized spacial score (nSPS) is 10.5. The zero-order chi connectivity index (χ0) is 18.5. The van der Waals surface area contributed by atoms with Gasteiger partial charge in [0.15, 0.2) is 11.5 Å². The predicted molar refractivity (Wildman–Crippen MR) is 102 cm³/mol. The number of hydrogen-bond acceptors (Lipinski definition) is 5. The first-order valence-corrected chi connectivity index (χ1v) is 9.20. The quantitative estimate of drug-likeness (QED) is 0.636. The largest absolute Gasteiger partial charge is 0.490 e. The lowest BCUT2D eigenvalue weighted by Gasteiger charge is -2.11. The van der Waals surface area contributed by atoms with Crippen LogP contribution in [0.15, 0.2) is 47.8 Å². The molecule has 26 heavy (non-hydrogen) atoms. The summed E-state index contributed by atoms with van der Waals surface area (Å²) in [5.41, 5.74) is 2.40. The molecule has 3 aromatic rings. The molecule has 0 spiro atoms. The summed E-state index contributed by atoms with van der Waals surface area (Å²) in [5.74, 6) is 0.412. The van der Waals surface area contributed by atoms with Gasteiger partial charge in [-0.1, -0.05) is 18.2 Å². The van der Waals surface area contributed by atoms with Crippen molar-refractivity contribution in [3.05, 3.63) is 53.4 Å². The topological polar surface area (TPSA) is 68.7 Å². The average Bonchev–Trinajstić information content (AvgIpc) is 3.13. The number of aromatic carboxylic acids is 1. The molecule has 1 aromatic heterocycles. The Morgan fingerprint density at radius 2 is 1.81 bits per heavy atom. The summed E-state index contributed by atoms with van der Waals surface area (Å²) in [4.78, 5) is 16.1. The smallest absolute Gasteiger partial charge is 0.336 e. The van der Waals surface area contributed by atoms with E-state index in [2.05, 4.69) is 4.98 Å². The summed E-state index contributed by atoms with van der Waals surface area (Å²) in [7, 11) is 0. The van der Waals surface area contributed by atoms with Gasteiger partial charge >= 0.3 is 5.97 Å². The molecule has 1 N–H and O–H groups in total. The highest BCUT2D eigenvalue weighted by atomic mass is 32.1. The number of nitrogens with zero attached hydrogens (tertiary/aromatic N) is 1. The second kappa shape index (κ2) is 8.01. The summed E-state index contributed by atoms with van der Waals surface area (Å²) in [5, 5.41) is 12.0. The van der Waals surface area contributed by atoms with E-state index < -0.39 is 5.97 Å². The standard InChI is InChI=1S/C20H19NO4S/c1-3-24-17-10-9-13(11-18(17)25-4-2)19-21-16(12-26-19)14-7-5-6-8-15(14)20(22)23/h5-12H,3-4H2,1-2H3,(H,22,23). The molecule has 0 fully saturated rings. The van der Waals surface area contributed by atoms with E-state index in [-0.39, 0.29) is 5.56 Å². The average molecular weight is 369 g/mol. The predicted octanol–water partition coefficient (Wildman–Crippen LogP) is 4.97. The zero-order valence-electron chi connectivity index (χ0n) is 14.6. The molecule has 3 rings (SSSR count). The number of hydrogen-bond donors (Lipinski definition) is 1. The van der Waals surface area contributed by atoms with Gasteiger partial charge in [0.25, 0.3) is 0 Å². The third-order valence-corrected chi connectivity index (χ3v) is 4.62. The fourth-order valence-corrected chi connectivity index (χ4v) is 3.42. The lowest BCUT2D eigenvalue weighted by atomic mass is 10.1. The minimum absolute atomic E-state index is 0.242. The third kappa shape index (κ3) is 3.70. The molecule has 2 aromatic carbocycles. The molecule has 0 aliphatic heterocycles. The van der Waals surface area contributed by atoms with Crippen molar-refractivity contribution in [1.29, 1.82) is 0 Å². The Morgan fingerprint density at radius 1 is 1.08 bits per heavy atom. The molecule has 0 radical (unpaired) electrons. The van der Waals surface area contributed by atoms with Gasteiger partial charge in [0.1, 0.15) is 5.01 Å². The first kappa shape index (κ1) is 17.9. The van der Waals surface area contributed by atoms with Gasteiger partial charge in [0.05, 0.1) is 24.5 Å². The van der Waals surface area contributed by atoms with Crippen molar-refractivity contribution in [3.8, 4) is 33.3 Å². The number of benzene rings is 2. The molecule has 0 atom stereocenters. The van der Waals surface area contributed by atoms with E-state index in [4.69, 9.17) is 9.47 Å². The van der Waals surface area contributed by atoms with Crippen molar-refractivity contribution in [2.45, 2.75) is 13.8 Å². The van der Waals surface area contributed by atoms with Crippen LogP contribution in [0.3, 0.4) is 0 Å². The summed E-state index contributed by atoms with van der Waals surface area (Å²) in [6.07, 6.45) is 0. The van der Waals surface area contributed by atoms with Crippen molar-refractivity contribution in [2.75, 3.05) is 13.2 Å². The number of aromatic nitrogens is 1. The molecule has 0 bridgehead atoms. The van der Waals surface area contributed by atoms with Gasteiger partial charge < -0.3 is 14.6 Å². The molecule has 0 amide bonds. The minimum atomic E-state index is -0.963. The van der Waals surface area contributed by atoms with Crippen LogP contribution in [-0.4, -0.2) is 29.3 Å². The Morgan fingerprint density at radius 3 is 2.54 bits per heavy atom. The van der Waals surface area contributed by atoms with Gasteiger partial charge in [0, 0.05) is 16.5 Å². The van der Waals surface area contributed by atoms with E-state index >= 15 is 0 Å². The zero-order valence-corrected chi connectivity index (χ0v) is 15.4. The van der Waals surface area contributed by atoms with Gasteiger partial charge in [-0.05, 0) is 38.1 Å². The summed E-state index contributed by atoms with van der Waals surface area (Å²) >= 11 is 1.46. The highest BCUT2D eigenvalue weighted by molar-refractivity contribution is 7.13. The first-order valence-electron chi connectivity index (χ1n) is 8.32. The van der Waals surface area contributed by atoms with Gasteiger partial charge in [-0.3, -0.25) is 0 Å². The minimum Gasteiger partial charge on any atom is -0.490 e. The Balaban J connectivity index is 1.98. The highest BCUT2D eigenvalue weighted by Gasteiger charge is 2.15. The van der Waals surface area contributed by atoms with Crippen molar-refractivity contribution in [2.24, 2.45) is 0 Å². The fourth-order valence-electron chi connectivity index (χ4n) is 2.61. The Hall–Kier alpha value is -2.86. The Labute approximate surface area is 155 Å². The lowest BCUT2D eigenvalue weighted by molar-refractivity contribution is 0.0697. The molecular weight excluding hydrogens is 350 g/mol. The number of carbonyl (C=O) groups is 1. The van der Waals surface area contributed by atoms with Crippen LogP contribution < -0.4 is 9.47 Å². The van der Waals surface area contributed by atoms with Gasteiger partial charge in [-0.15, -0.1) is 11.3 Å². The van der Waals surface area contributed by atoms with Crippen molar-refractivity contribution in [1.82, 2.24) is 4.98 Å². The van der Waals surface area contributed by atoms with E-state index in [0.717, 1.165) is 10.6 Å². The van der Waals surface area contributed by atoms with Gasteiger partial charge in [0.2, 0.25) is 0 Å². The van der Waals surface area contributed by atoms with Crippen molar-refractivity contribution >= 4 is 17.3 Å². The second-order valence-electron chi connectivity index (χ2n) is 5.42. The van der Waals surface area contributed by atoms with Crippen LogP contribution in [0.25, 0.3) is 21.8 Å². The maximum absolute atomic E-state index is 11.4. The van der Waals surface area contributed by atoms with Crippen LogP contribution in [0.2, 0.25) is 0 Å². The van der Waals surface area contributed by atoms with E-state index in [1.54, 1.807) is 18.2 Å². The lowest BCUT2D eigenvalue weighted by Crippen LogP contribution is -1.99. The Bertz CT molecular complexity index is 920. The molecule has 0 aliphatic rings. The monoisotopic (exact) mass is 369 g/mol. The van der Waals surface area contributed by atoms with E-state index in [0.29, 0.717) is 36.0 Å². The van der Waals surface area contributed by atoms with Gasteiger partial charge in [-0.2, -0.15) is 0 Å². The van der Waals surface area contributed by atoms with Crippen LogP contribution in [0.1, 0.15) is 24.2 Å². The van der Waals surface area contributed by atoms with Gasteiger partial charge in [-0.25, -0.2) is 9.78 Å². The Kier molecular flexibility index (Phi) is 5.53. The van der Waals surface area contributed by atoms with Crippen LogP contribution in [0.5, 0.6) is 11.5 Å². The van der Waals surface area contributed by atoms with E-state index in [1.165, 1.54) is 11.3 Å². The molecule has 0 aliphatic carbocycles. The molecule has 134 valence electrons. The second-order valence-corrected chi connectivity index (χ2v) is 6.27. The van der Waals surface area contributed by atoms with E-state index in [1.807, 2.05) is 43.5 Å². The highest BCUT2D eigenvalue weighted by Crippen LogP contribution is 2.36. The number of ether oxygens (including phenoxy) is 2. The van der Waals surface area contributed by atoms with Crippen LogP contribution >= 0.6 is 11.3 Å². The maximum atomic E-state index is 11.4. The maximum Gasteiger partial charge on any atom is 0.336 e. The molecule has 6 heteroatoms. The summed E-state index contributed by atoms with van der Waals surface area (Å²) < 4.78 is 11.3. The molecule has 0 saturated heterocycles. The van der Waals surface area contributed by atoms with Crippen LogP contribution in [0.4, 0.5) is 0 Å². The summed E-state index contributed by atoms with van der Waals surface area (Å²) in [6, 6.07) is 12.6. The van der Waals surface area contributed by atoms with Crippen molar-refractivity contribution in [3.63, 3.8) is 0 Å². The van der Waals surface area contributed by atoms with Crippen LogP contribution in [0, 0.1) is 0 Å². The first-order chi connectivity index (χ1) is 12.6. The number of carboxylic acids is 1. The van der Waals surface area contributed by atoms with Crippen LogP contribution in [-0.2, 0) is 0 Å². The SMILES string of the molecule is CCOc1ccc(-c2nc(-c3ccccc3C(=O)O)cs2)cc1OCC. The number of thiazole rings is 1. The fraction of sp³-hybridized carbons (Fsp3) is 0.200. The van der Waals surface area contributed by atoms with E-state index in [9.17, 15) is 9.90 Å². The molecule has 5 nitrogen and oxygen atoms in total. The molecule has 0 saturated carbocycles. The number of carboxylic acid groups (broad SMARTS) is 1. The summed E-state index contributed by atoms with van der Waals surface area (Å²) in [6.45, 7) is 4.95. The molecular formula is C20H19NO4S.